The predicted molar refractivity (Wildman–Crippen MR) is 62.8 cm³/mol. The molecule has 0 radical (unpaired) electrons. The molecule has 1 aliphatic heterocycles. The van der Waals surface area contributed by atoms with Gasteiger partial charge in [0.05, 0.1) is 0 Å². The molecule has 1 aliphatic rings. The molecule has 0 aliphatic carbocycles. The second kappa shape index (κ2) is 5.14. The Morgan fingerprint density at radius 1 is 1.50 bits per heavy atom. The minimum Gasteiger partial charge on any atom is -0.343 e. The van der Waals surface area contributed by atoms with Gasteiger partial charge in [-0.2, -0.15) is 0 Å². The Morgan fingerprint density at radius 2 is 2.12 bits per heavy atom. The summed E-state index contributed by atoms with van der Waals surface area (Å²) in [4.78, 5) is 25.4. The largest absolute Gasteiger partial charge is 0.343 e. The number of amides is 2. The first kappa shape index (κ1) is 12.7. The molecule has 0 aromatic rings. The highest BCUT2D eigenvalue weighted by molar-refractivity contribution is 5.96. The summed E-state index contributed by atoms with van der Waals surface area (Å²) in [6.45, 7) is 9.86. The van der Waals surface area contributed by atoms with Crippen molar-refractivity contribution in [1.82, 2.24) is 10.2 Å². The lowest BCUT2D eigenvalue weighted by molar-refractivity contribution is -0.148. The maximum atomic E-state index is 11.9. The van der Waals surface area contributed by atoms with E-state index in [1.165, 1.54) is 0 Å². The zero-order valence-corrected chi connectivity index (χ0v) is 10.2. The minimum atomic E-state index is -0.420. The summed E-state index contributed by atoms with van der Waals surface area (Å²) in [5, 5.41) is 2.71. The summed E-state index contributed by atoms with van der Waals surface area (Å²) in [6, 6.07) is -0.766. The van der Waals surface area contributed by atoms with Gasteiger partial charge in [0.2, 0.25) is 11.8 Å². The highest BCUT2D eigenvalue weighted by Gasteiger charge is 2.37. The third-order valence-electron chi connectivity index (χ3n) is 2.71. The van der Waals surface area contributed by atoms with Gasteiger partial charge in [0.1, 0.15) is 12.1 Å². The van der Waals surface area contributed by atoms with Gasteiger partial charge >= 0.3 is 0 Å². The van der Waals surface area contributed by atoms with Crippen molar-refractivity contribution in [3.63, 3.8) is 0 Å². The zero-order chi connectivity index (χ0) is 12.3. The Morgan fingerprint density at radius 3 is 2.62 bits per heavy atom. The minimum absolute atomic E-state index is 0.0230. The van der Waals surface area contributed by atoms with E-state index < -0.39 is 6.04 Å². The first-order chi connectivity index (χ1) is 7.47. The summed E-state index contributed by atoms with van der Waals surface area (Å²) in [5.74, 6) is 0.303. The van der Waals surface area contributed by atoms with Crippen LogP contribution in [0.15, 0.2) is 12.7 Å². The van der Waals surface area contributed by atoms with Gasteiger partial charge in [0.15, 0.2) is 0 Å². The second-order valence-corrected chi connectivity index (χ2v) is 4.65. The molecular weight excluding hydrogens is 204 g/mol. The van der Waals surface area contributed by atoms with E-state index in [0.717, 1.165) is 0 Å². The van der Waals surface area contributed by atoms with Gasteiger partial charge in [-0.3, -0.25) is 9.59 Å². The highest BCUT2D eigenvalue weighted by Crippen LogP contribution is 2.17. The Hall–Kier alpha value is -1.32. The van der Waals surface area contributed by atoms with Crippen molar-refractivity contribution in [1.29, 1.82) is 0 Å². The molecule has 1 fully saturated rings. The molecule has 4 heteroatoms. The van der Waals surface area contributed by atoms with Crippen molar-refractivity contribution in [2.45, 2.75) is 39.3 Å². The lowest BCUT2D eigenvalue weighted by Gasteiger charge is -2.38. The van der Waals surface area contributed by atoms with E-state index in [0.29, 0.717) is 18.9 Å². The topological polar surface area (TPSA) is 49.4 Å². The van der Waals surface area contributed by atoms with Crippen molar-refractivity contribution < 1.29 is 9.59 Å². The number of nitrogens with one attached hydrogen (secondary N) is 1. The van der Waals surface area contributed by atoms with Gasteiger partial charge in [-0.1, -0.05) is 19.9 Å². The van der Waals surface area contributed by atoms with Gasteiger partial charge in [0.25, 0.3) is 0 Å². The molecule has 1 heterocycles. The fraction of sp³-hybridized carbons (Fsp3) is 0.667. The SMILES string of the molecule is C=CCN1C(=O)C(C)NC(=O)C1CC(C)C. The average molecular weight is 224 g/mol. The van der Waals surface area contributed by atoms with Crippen LogP contribution in [0.25, 0.3) is 0 Å². The van der Waals surface area contributed by atoms with E-state index in [4.69, 9.17) is 0 Å². The van der Waals surface area contributed by atoms with Gasteiger partial charge in [0, 0.05) is 6.54 Å². The number of rotatable bonds is 4. The molecule has 2 atom stereocenters. The number of carbonyl (C=O) groups excluding carboxylic acids is 2. The Balaban J connectivity index is 2.86. The first-order valence-corrected chi connectivity index (χ1v) is 5.69. The van der Waals surface area contributed by atoms with Gasteiger partial charge in [-0.05, 0) is 19.3 Å². The average Bonchev–Trinajstić information content (AvgIpc) is 2.19. The van der Waals surface area contributed by atoms with Crippen molar-refractivity contribution >= 4 is 11.8 Å². The lowest BCUT2D eigenvalue weighted by Crippen LogP contribution is -2.62. The van der Waals surface area contributed by atoms with Crippen LogP contribution in [0.4, 0.5) is 0 Å². The maximum absolute atomic E-state index is 11.9. The van der Waals surface area contributed by atoms with E-state index >= 15 is 0 Å². The van der Waals surface area contributed by atoms with Crippen LogP contribution in [0.2, 0.25) is 0 Å². The molecule has 0 saturated carbocycles. The van der Waals surface area contributed by atoms with Crippen LogP contribution >= 0.6 is 0 Å². The zero-order valence-electron chi connectivity index (χ0n) is 10.2. The third kappa shape index (κ3) is 2.62. The van der Waals surface area contributed by atoms with Crippen molar-refractivity contribution in [2.75, 3.05) is 6.54 Å². The van der Waals surface area contributed by atoms with Crippen LogP contribution in [0.3, 0.4) is 0 Å². The monoisotopic (exact) mass is 224 g/mol. The summed E-state index contributed by atoms with van der Waals surface area (Å²) in [6.07, 6.45) is 2.36. The summed E-state index contributed by atoms with van der Waals surface area (Å²) in [7, 11) is 0. The standard InChI is InChI=1S/C12H20N2O2/c1-5-6-14-10(7-8(2)3)11(15)13-9(4)12(14)16/h5,8-10H,1,6-7H2,2-4H3,(H,13,15). The van der Waals surface area contributed by atoms with Gasteiger partial charge in [-0.25, -0.2) is 0 Å². The van der Waals surface area contributed by atoms with E-state index in [1.807, 2.05) is 13.8 Å². The molecule has 2 unspecified atom stereocenters. The Bertz CT molecular complexity index is 299. The fourth-order valence-electron chi connectivity index (χ4n) is 1.95. The van der Waals surface area contributed by atoms with Gasteiger partial charge in [-0.15, -0.1) is 6.58 Å². The van der Waals surface area contributed by atoms with Crippen LogP contribution in [0.1, 0.15) is 27.2 Å². The summed E-state index contributed by atoms with van der Waals surface area (Å²) in [5.41, 5.74) is 0. The van der Waals surface area contributed by atoms with E-state index in [2.05, 4.69) is 11.9 Å². The van der Waals surface area contributed by atoms with Crippen LogP contribution in [-0.2, 0) is 9.59 Å². The van der Waals surface area contributed by atoms with E-state index in [9.17, 15) is 9.59 Å². The van der Waals surface area contributed by atoms with Crippen molar-refractivity contribution in [3.05, 3.63) is 12.7 Å². The Labute approximate surface area is 96.7 Å². The quantitative estimate of drug-likeness (QED) is 0.722. The van der Waals surface area contributed by atoms with Gasteiger partial charge < -0.3 is 10.2 Å². The molecule has 2 amide bonds. The normalized spacial score (nSPS) is 25.9. The molecule has 0 bridgehead atoms. The molecule has 0 aromatic carbocycles. The third-order valence-corrected chi connectivity index (χ3v) is 2.71. The highest BCUT2D eigenvalue weighted by atomic mass is 16.2. The van der Waals surface area contributed by atoms with E-state index in [-0.39, 0.29) is 17.9 Å². The van der Waals surface area contributed by atoms with E-state index in [1.54, 1.807) is 17.9 Å². The number of piperazine rings is 1. The molecular formula is C12H20N2O2. The fourth-order valence-corrected chi connectivity index (χ4v) is 1.95. The molecule has 16 heavy (non-hydrogen) atoms. The Kier molecular flexibility index (Phi) is 4.10. The first-order valence-electron chi connectivity index (χ1n) is 5.69. The number of nitrogens with zero attached hydrogens (tertiary/aromatic N) is 1. The molecule has 4 nitrogen and oxygen atoms in total. The smallest absolute Gasteiger partial charge is 0.245 e. The maximum Gasteiger partial charge on any atom is 0.245 e. The lowest BCUT2D eigenvalue weighted by atomic mass is 9.98. The number of hydrogen-bond acceptors (Lipinski definition) is 2. The second-order valence-electron chi connectivity index (χ2n) is 4.65. The van der Waals surface area contributed by atoms with Crippen LogP contribution < -0.4 is 5.32 Å². The molecule has 0 aromatic heterocycles. The van der Waals surface area contributed by atoms with Crippen molar-refractivity contribution in [2.24, 2.45) is 5.92 Å². The number of hydrogen-bond donors (Lipinski definition) is 1. The van der Waals surface area contributed by atoms with Crippen LogP contribution in [0, 0.1) is 5.92 Å². The van der Waals surface area contributed by atoms with Crippen LogP contribution in [0.5, 0.6) is 0 Å². The molecule has 1 saturated heterocycles. The van der Waals surface area contributed by atoms with Crippen LogP contribution in [-0.4, -0.2) is 35.3 Å². The molecule has 90 valence electrons. The number of carbonyl (C=O) groups is 2. The van der Waals surface area contributed by atoms with Crippen molar-refractivity contribution in [3.8, 4) is 0 Å². The predicted octanol–water partition coefficient (Wildman–Crippen LogP) is 0.934. The summed E-state index contributed by atoms with van der Waals surface area (Å²) < 4.78 is 0. The summed E-state index contributed by atoms with van der Waals surface area (Å²) >= 11 is 0. The molecule has 0 spiro atoms. The molecule has 1 rings (SSSR count). The molecule has 1 N–H and O–H groups in total.